The second-order valence-electron chi connectivity index (χ2n) is 4.50. The molecule has 1 rings (SSSR count). The third-order valence-electron chi connectivity index (χ3n) is 2.44. The maximum atomic E-state index is 13.4. The van der Waals surface area contributed by atoms with Gasteiger partial charge >= 0.3 is 11.9 Å². The van der Waals surface area contributed by atoms with E-state index in [-0.39, 0.29) is 17.5 Å². The third kappa shape index (κ3) is 5.08. The normalized spacial score (nSPS) is 11.1. The maximum absolute atomic E-state index is 13.4. The number of hydrogen-bond acceptors (Lipinski definition) is 6. The SMILES string of the molecule is COC(=O)/C=C(/Nc1cc(F)ccc1OC(C)C)C(=O)OC. The van der Waals surface area contributed by atoms with Crippen molar-refractivity contribution in [2.75, 3.05) is 19.5 Å². The average Bonchev–Trinajstić information content (AvgIpc) is 2.47. The summed E-state index contributed by atoms with van der Waals surface area (Å²) in [5, 5.41) is 2.63. The molecule has 0 spiro atoms. The molecular weight excluding hydrogens is 293 g/mol. The van der Waals surface area contributed by atoms with Gasteiger partial charge in [0.25, 0.3) is 0 Å². The first-order valence-corrected chi connectivity index (χ1v) is 6.48. The van der Waals surface area contributed by atoms with Gasteiger partial charge in [0, 0.05) is 6.07 Å². The summed E-state index contributed by atoms with van der Waals surface area (Å²) in [6.45, 7) is 3.61. The molecule has 6 nitrogen and oxygen atoms in total. The molecule has 0 amide bonds. The predicted octanol–water partition coefficient (Wildman–Crippen LogP) is 2.25. The van der Waals surface area contributed by atoms with Crippen LogP contribution < -0.4 is 10.1 Å². The van der Waals surface area contributed by atoms with Crippen LogP contribution in [0.25, 0.3) is 0 Å². The molecule has 0 saturated heterocycles. The number of methoxy groups -OCH3 is 2. The smallest absolute Gasteiger partial charge is 0.354 e. The lowest BCUT2D eigenvalue weighted by atomic mass is 10.2. The Labute approximate surface area is 127 Å². The fraction of sp³-hybridized carbons (Fsp3) is 0.333. The Bertz CT molecular complexity index is 583. The zero-order valence-electron chi connectivity index (χ0n) is 12.8. The van der Waals surface area contributed by atoms with Crippen LogP contribution in [0.15, 0.2) is 30.0 Å². The number of halogens is 1. The van der Waals surface area contributed by atoms with Gasteiger partial charge in [0.2, 0.25) is 0 Å². The number of carbonyl (C=O) groups is 2. The van der Waals surface area contributed by atoms with Gasteiger partial charge in [-0.25, -0.2) is 14.0 Å². The minimum atomic E-state index is -0.801. The molecule has 0 aliphatic rings. The number of carbonyl (C=O) groups excluding carboxylic acids is 2. The Morgan fingerprint density at radius 3 is 2.45 bits per heavy atom. The number of hydrogen-bond donors (Lipinski definition) is 1. The average molecular weight is 311 g/mol. The van der Waals surface area contributed by atoms with Crippen LogP contribution in [0.4, 0.5) is 10.1 Å². The lowest BCUT2D eigenvalue weighted by Crippen LogP contribution is -2.17. The van der Waals surface area contributed by atoms with Crippen LogP contribution in [-0.4, -0.2) is 32.3 Å². The van der Waals surface area contributed by atoms with Gasteiger partial charge in [-0.1, -0.05) is 0 Å². The van der Waals surface area contributed by atoms with E-state index in [1.807, 2.05) is 0 Å². The highest BCUT2D eigenvalue weighted by Gasteiger charge is 2.16. The van der Waals surface area contributed by atoms with E-state index in [9.17, 15) is 14.0 Å². The summed E-state index contributed by atoms with van der Waals surface area (Å²) in [4.78, 5) is 23.0. The van der Waals surface area contributed by atoms with E-state index >= 15 is 0 Å². The monoisotopic (exact) mass is 311 g/mol. The summed E-state index contributed by atoms with van der Waals surface area (Å²) in [5.41, 5.74) is -0.0113. The topological polar surface area (TPSA) is 73.9 Å². The highest BCUT2D eigenvalue weighted by Crippen LogP contribution is 2.27. The first kappa shape index (κ1) is 17.5. The van der Waals surface area contributed by atoms with Crippen molar-refractivity contribution in [3.8, 4) is 5.75 Å². The summed E-state index contributed by atoms with van der Waals surface area (Å²) < 4.78 is 28.0. The number of benzene rings is 1. The molecule has 0 fully saturated rings. The van der Waals surface area contributed by atoms with Gasteiger partial charge in [-0.3, -0.25) is 0 Å². The summed E-state index contributed by atoms with van der Waals surface area (Å²) in [6.07, 6.45) is 0.757. The maximum Gasteiger partial charge on any atom is 0.354 e. The number of anilines is 1. The number of ether oxygens (including phenoxy) is 3. The molecule has 0 heterocycles. The Kier molecular flexibility index (Phi) is 6.37. The van der Waals surface area contributed by atoms with Gasteiger partial charge in [-0.05, 0) is 26.0 Å². The second kappa shape index (κ2) is 8.02. The third-order valence-corrected chi connectivity index (χ3v) is 2.44. The quantitative estimate of drug-likeness (QED) is 0.641. The van der Waals surface area contributed by atoms with Crippen molar-refractivity contribution in [1.82, 2.24) is 0 Å². The van der Waals surface area contributed by atoms with Gasteiger partial charge in [-0.2, -0.15) is 0 Å². The molecule has 1 N–H and O–H groups in total. The number of nitrogens with one attached hydrogen (secondary N) is 1. The van der Waals surface area contributed by atoms with Crippen molar-refractivity contribution in [2.24, 2.45) is 0 Å². The summed E-state index contributed by atoms with van der Waals surface area (Å²) in [6, 6.07) is 3.79. The zero-order valence-corrected chi connectivity index (χ0v) is 12.8. The number of esters is 2. The molecule has 22 heavy (non-hydrogen) atoms. The first-order valence-electron chi connectivity index (χ1n) is 6.48. The molecule has 1 aromatic carbocycles. The van der Waals surface area contributed by atoms with Gasteiger partial charge in [0.15, 0.2) is 0 Å². The van der Waals surface area contributed by atoms with E-state index in [2.05, 4.69) is 14.8 Å². The molecule has 0 aromatic heterocycles. The van der Waals surface area contributed by atoms with Gasteiger partial charge in [0.05, 0.1) is 32.1 Å². The van der Waals surface area contributed by atoms with Crippen LogP contribution in [0.1, 0.15) is 13.8 Å². The molecule has 0 aliphatic heterocycles. The molecule has 1 aromatic rings. The van der Waals surface area contributed by atoms with Gasteiger partial charge in [0.1, 0.15) is 17.3 Å². The van der Waals surface area contributed by atoms with Crippen LogP contribution in [0.5, 0.6) is 5.75 Å². The first-order chi connectivity index (χ1) is 10.4. The fourth-order valence-electron chi connectivity index (χ4n) is 1.53. The van der Waals surface area contributed by atoms with E-state index in [1.165, 1.54) is 19.2 Å². The molecule has 0 atom stereocenters. The Morgan fingerprint density at radius 1 is 1.23 bits per heavy atom. The van der Waals surface area contributed by atoms with Crippen molar-refractivity contribution in [1.29, 1.82) is 0 Å². The summed E-state index contributed by atoms with van der Waals surface area (Å²) >= 11 is 0. The summed E-state index contributed by atoms with van der Waals surface area (Å²) in [7, 11) is 2.33. The highest BCUT2D eigenvalue weighted by atomic mass is 19.1. The lowest BCUT2D eigenvalue weighted by molar-refractivity contribution is -0.138. The van der Waals surface area contributed by atoms with Crippen molar-refractivity contribution >= 4 is 17.6 Å². The lowest BCUT2D eigenvalue weighted by Gasteiger charge is -2.16. The molecule has 0 aliphatic carbocycles. The van der Waals surface area contributed by atoms with Crippen molar-refractivity contribution in [3.63, 3.8) is 0 Å². The minimum Gasteiger partial charge on any atom is -0.489 e. The Hall–Kier alpha value is -2.57. The standard InChI is InChI=1S/C15H18FNO5/c1-9(2)22-13-6-5-10(16)7-11(13)17-12(15(19)21-4)8-14(18)20-3/h5-9,17H,1-4H3/b12-8+. The zero-order chi connectivity index (χ0) is 16.7. The van der Waals surface area contributed by atoms with Crippen molar-refractivity contribution < 1.29 is 28.2 Å². The fourth-order valence-corrected chi connectivity index (χ4v) is 1.53. The van der Waals surface area contributed by atoms with Crippen LogP contribution in [0, 0.1) is 5.82 Å². The number of rotatable bonds is 6. The van der Waals surface area contributed by atoms with Gasteiger partial charge < -0.3 is 19.5 Å². The van der Waals surface area contributed by atoms with E-state index in [0.29, 0.717) is 5.75 Å². The van der Waals surface area contributed by atoms with E-state index < -0.39 is 17.8 Å². The Balaban J connectivity index is 3.17. The molecule has 0 radical (unpaired) electrons. The van der Waals surface area contributed by atoms with Crippen LogP contribution >= 0.6 is 0 Å². The predicted molar refractivity (Wildman–Crippen MR) is 77.9 cm³/mol. The largest absolute Gasteiger partial charge is 0.489 e. The molecule has 0 unspecified atom stereocenters. The molecule has 0 saturated carbocycles. The van der Waals surface area contributed by atoms with Crippen LogP contribution in [-0.2, 0) is 19.1 Å². The van der Waals surface area contributed by atoms with Crippen LogP contribution in [0.2, 0.25) is 0 Å². The van der Waals surface area contributed by atoms with E-state index in [0.717, 1.165) is 19.3 Å². The van der Waals surface area contributed by atoms with E-state index in [1.54, 1.807) is 13.8 Å². The van der Waals surface area contributed by atoms with E-state index in [4.69, 9.17) is 4.74 Å². The highest BCUT2D eigenvalue weighted by molar-refractivity contribution is 5.99. The molecular formula is C15H18FNO5. The second-order valence-corrected chi connectivity index (χ2v) is 4.50. The van der Waals surface area contributed by atoms with Crippen molar-refractivity contribution in [2.45, 2.75) is 20.0 Å². The molecule has 120 valence electrons. The molecule has 0 bridgehead atoms. The Morgan fingerprint density at radius 2 is 1.91 bits per heavy atom. The van der Waals surface area contributed by atoms with Crippen LogP contribution in [0.3, 0.4) is 0 Å². The molecule has 7 heteroatoms. The minimum absolute atomic E-state index is 0.155. The van der Waals surface area contributed by atoms with Gasteiger partial charge in [-0.15, -0.1) is 0 Å². The summed E-state index contributed by atoms with van der Waals surface area (Å²) in [5.74, 6) is -1.75. The van der Waals surface area contributed by atoms with Crippen molar-refractivity contribution in [3.05, 3.63) is 35.8 Å².